The maximum absolute atomic E-state index is 11.0. The number of hydrogen-bond acceptors (Lipinski definition) is 4. The Morgan fingerprint density at radius 3 is 1.73 bits per heavy atom. The summed E-state index contributed by atoms with van der Waals surface area (Å²) in [5.41, 5.74) is 0. The number of hydrogen-bond donors (Lipinski definition) is 0. The summed E-state index contributed by atoms with van der Waals surface area (Å²) in [6.45, 7) is 6.74. The van der Waals surface area contributed by atoms with E-state index in [1.165, 1.54) is 30.4 Å². The molecular formula is C11H14O4. The van der Waals surface area contributed by atoms with E-state index in [9.17, 15) is 9.59 Å². The number of carbonyl (C=O) groups is 2. The minimum Gasteiger partial charge on any atom is -0.418 e. The summed E-state index contributed by atoms with van der Waals surface area (Å²) >= 11 is 0. The summed E-state index contributed by atoms with van der Waals surface area (Å²) in [4.78, 5) is 22.0. The van der Waals surface area contributed by atoms with Crippen LogP contribution in [0.5, 0.6) is 0 Å². The van der Waals surface area contributed by atoms with E-state index in [1.807, 2.05) is 0 Å². The molecular weight excluding hydrogens is 196 g/mol. The summed E-state index contributed by atoms with van der Waals surface area (Å²) < 4.78 is 9.47. The molecule has 0 radical (unpaired) electrons. The monoisotopic (exact) mass is 210 g/mol. The molecule has 0 aromatic carbocycles. The predicted octanol–water partition coefficient (Wildman–Crippen LogP) is 1.74. The topological polar surface area (TPSA) is 52.6 Å². The minimum atomic E-state index is -1.06. The van der Waals surface area contributed by atoms with Gasteiger partial charge in [0.05, 0.1) is 0 Å². The van der Waals surface area contributed by atoms with Crippen molar-refractivity contribution in [1.82, 2.24) is 0 Å². The summed E-state index contributed by atoms with van der Waals surface area (Å²) in [6.07, 6.45) is 5.66. The van der Waals surface area contributed by atoms with Crippen LogP contribution in [-0.4, -0.2) is 18.2 Å². The molecule has 0 saturated carbocycles. The molecule has 0 heterocycles. The Labute approximate surface area is 88.9 Å². The van der Waals surface area contributed by atoms with Crippen LogP contribution in [0.15, 0.2) is 37.0 Å². The molecule has 4 nitrogen and oxygen atoms in total. The molecule has 0 atom stereocenters. The zero-order chi connectivity index (χ0) is 11.7. The maximum atomic E-state index is 11.0. The number of rotatable bonds is 5. The van der Waals surface area contributed by atoms with Gasteiger partial charge in [-0.25, -0.2) is 9.59 Å². The van der Waals surface area contributed by atoms with E-state index >= 15 is 0 Å². The van der Waals surface area contributed by atoms with Gasteiger partial charge >= 0.3 is 11.9 Å². The second kappa shape index (κ2) is 7.55. The standard InChI is InChI=1S/C11H14O4/c1-4-7-9(12)14-11(6-3)15-10(13)8-5-2/h4-8,11H,3H2,1-2H3/b7-4+,8-5+. The second-order valence-electron chi connectivity index (χ2n) is 2.48. The van der Waals surface area contributed by atoms with Gasteiger partial charge < -0.3 is 9.47 Å². The van der Waals surface area contributed by atoms with Gasteiger partial charge in [-0.15, -0.1) is 0 Å². The van der Waals surface area contributed by atoms with Crippen LogP contribution in [0.25, 0.3) is 0 Å². The van der Waals surface area contributed by atoms with Crippen molar-refractivity contribution in [2.45, 2.75) is 20.1 Å². The van der Waals surface area contributed by atoms with Gasteiger partial charge in [-0.2, -0.15) is 0 Å². The van der Waals surface area contributed by atoms with Crippen molar-refractivity contribution in [3.05, 3.63) is 37.0 Å². The van der Waals surface area contributed by atoms with Crippen molar-refractivity contribution in [3.8, 4) is 0 Å². The SMILES string of the molecule is C=CC(OC(=O)/C=C/C)OC(=O)/C=C/C. The lowest BCUT2D eigenvalue weighted by molar-refractivity contribution is -0.172. The third-order valence-corrected chi connectivity index (χ3v) is 1.26. The predicted molar refractivity (Wildman–Crippen MR) is 55.8 cm³/mol. The lowest BCUT2D eigenvalue weighted by atomic mass is 10.5. The fraction of sp³-hybridized carbons (Fsp3) is 0.273. The summed E-state index contributed by atoms with van der Waals surface area (Å²) in [6, 6.07) is 0. The average molecular weight is 210 g/mol. The van der Waals surface area contributed by atoms with Crippen LogP contribution in [0.1, 0.15) is 13.8 Å². The Bertz CT molecular complexity index is 263. The first-order chi connectivity index (χ1) is 7.13. The Balaban J connectivity index is 4.20. The number of carbonyl (C=O) groups excluding carboxylic acids is 2. The molecule has 0 aliphatic carbocycles. The first-order valence-corrected chi connectivity index (χ1v) is 4.43. The summed E-state index contributed by atoms with van der Waals surface area (Å²) in [5.74, 6) is -1.17. The lowest BCUT2D eigenvalue weighted by Gasteiger charge is -2.11. The van der Waals surface area contributed by atoms with E-state index in [0.717, 1.165) is 0 Å². The Morgan fingerprint density at radius 2 is 1.47 bits per heavy atom. The van der Waals surface area contributed by atoms with Crippen molar-refractivity contribution in [1.29, 1.82) is 0 Å². The Hall–Kier alpha value is -1.84. The fourth-order valence-electron chi connectivity index (χ4n) is 0.700. The molecule has 0 aromatic rings. The van der Waals surface area contributed by atoms with E-state index in [4.69, 9.17) is 9.47 Å². The Kier molecular flexibility index (Phi) is 6.63. The maximum Gasteiger partial charge on any atom is 0.333 e. The van der Waals surface area contributed by atoms with Crippen LogP contribution < -0.4 is 0 Å². The molecule has 0 saturated heterocycles. The average Bonchev–Trinajstić information content (AvgIpc) is 2.17. The fourth-order valence-corrected chi connectivity index (χ4v) is 0.700. The molecule has 82 valence electrons. The molecule has 0 aliphatic rings. The number of esters is 2. The van der Waals surface area contributed by atoms with Crippen LogP contribution in [0.4, 0.5) is 0 Å². The van der Waals surface area contributed by atoms with Gasteiger partial charge in [-0.3, -0.25) is 0 Å². The molecule has 0 fully saturated rings. The zero-order valence-electron chi connectivity index (χ0n) is 8.80. The highest BCUT2D eigenvalue weighted by Crippen LogP contribution is 1.99. The van der Waals surface area contributed by atoms with E-state index in [0.29, 0.717) is 0 Å². The van der Waals surface area contributed by atoms with Crippen molar-refractivity contribution in [3.63, 3.8) is 0 Å². The van der Waals surface area contributed by atoms with Gasteiger partial charge in [0.1, 0.15) is 0 Å². The quantitative estimate of drug-likeness (QED) is 0.300. The van der Waals surface area contributed by atoms with Crippen LogP contribution >= 0.6 is 0 Å². The first-order valence-electron chi connectivity index (χ1n) is 4.43. The van der Waals surface area contributed by atoms with Crippen molar-refractivity contribution in [2.75, 3.05) is 0 Å². The number of allylic oxidation sites excluding steroid dienone is 2. The van der Waals surface area contributed by atoms with Crippen LogP contribution in [0, 0.1) is 0 Å². The van der Waals surface area contributed by atoms with Gasteiger partial charge in [0.25, 0.3) is 6.29 Å². The van der Waals surface area contributed by atoms with Gasteiger partial charge in [0, 0.05) is 12.2 Å². The molecule has 0 spiro atoms. The first kappa shape index (κ1) is 13.2. The molecule has 0 rings (SSSR count). The van der Waals surface area contributed by atoms with E-state index in [1.54, 1.807) is 13.8 Å². The highest BCUT2D eigenvalue weighted by Gasteiger charge is 2.11. The van der Waals surface area contributed by atoms with Crippen molar-refractivity contribution < 1.29 is 19.1 Å². The van der Waals surface area contributed by atoms with E-state index < -0.39 is 18.2 Å². The summed E-state index contributed by atoms with van der Waals surface area (Å²) in [7, 11) is 0. The third kappa shape index (κ3) is 6.26. The largest absolute Gasteiger partial charge is 0.418 e. The van der Waals surface area contributed by atoms with Crippen LogP contribution in [-0.2, 0) is 19.1 Å². The van der Waals surface area contributed by atoms with E-state index in [-0.39, 0.29) is 0 Å². The molecule has 0 amide bonds. The van der Waals surface area contributed by atoms with Gasteiger partial charge in [-0.1, -0.05) is 18.7 Å². The van der Waals surface area contributed by atoms with Crippen molar-refractivity contribution >= 4 is 11.9 Å². The van der Waals surface area contributed by atoms with Crippen LogP contribution in [0.3, 0.4) is 0 Å². The van der Waals surface area contributed by atoms with Gasteiger partial charge in [0.2, 0.25) is 0 Å². The van der Waals surface area contributed by atoms with Crippen molar-refractivity contribution in [2.24, 2.45) is 0 Å². The zero-order valence-corrected chi connectivity index (χ0v) is 8.80. The molecule has 0 N–H and O–H groups in total. The smallest absolute Gasteiger partial charge is 0.333 e. The Morgan fingerprint density at radius 1 is 1.07 bits per heavy atom. The van der Waals surface area contributed by atoms with Gasteiger partial charge in [0.15, 0.2) is 0 Å². The van der Waals surface area contributed by atoms with Crippen LogP contribution in [0.2, 0.25) is 0 Å². The number of ether oxygens (including phenoxy) is 2. The minimum absolute atomic E-state index is 0.587. The second-order valence-corrected chi connectivity index (χ2v) is 2.48. The molecule has 15 heavy (non-hydrogen) atoms. The molecule has 0 unspecified atom stereocenters. The highest BCUT2D eigenvalue weighted by molar-refractivity contribution is 5.83. The summed E-state index contributed by atoms with van der Waals surface area (Å²) in [5, 5.41) is 0. The molecule has 0 aromatic heterocycles. The lowest BCUT2D eigenvalue weighted by Crippen LogP contribution is -2.20. The normalized spacial score (nSPS) is 10.9. The highest BCUT2D eigenvalue weighted by atomic mass is 16.7. The molecule has 0 aliphatic heterocycles. The molecule has 0 bridgehead atoms. The molecule has 4 heteroatoms. The van der Waals surface area contributed by atoms with Gasteiger partial charge in [-0.05, 0) is 19.9 Å². The third-order valence-electron chi connectivity index (χ3n) is 1.26. The van der Waals surface area contributed by atoms with E-state index in [2.05, 4.69) is 6.58 Å².